The van der Waals surface area contributed by atoms with E-state index in [9.17, 15) is 4.79 Å². The van der Waals surface area contributed by atoms with Crippen LogP contribution in [0.5, 0.6) is 11.5 Å². The molecule has 2 heterocycles. The fraction of sp³-hybridized carbons (Fsp3) is 0.379. The van der Waals surface area contributed by atoms with Gasteiger partial charge in [0.2, 0.25) is 6.41 Å². The quantitative estimate of drug-likeness (QED) is 0.254. The lowest BCUT2D eigenvalue weighted by atomic mass is 10.0. The van der Waals surface area contributed by atoms with Crippen LogP contribution in [-0.2, 0) is 4.79 Å². The lowest BCUT2D eigenvalue weighted by Crippen LogP contribution is -2.41. The fourth-order valence-corrected chi connectivity index (χ4v) is 4.20. The van der Waals surface area contributed by atoms with Gasteiger partial charge in [-0.1, -0.05) is 51.8 Å². The third-order valence-electron chi connectivity index (χ3n) is 6.06. The van der Waals surface area contributed by atoms with Crippen LogP contribution in [0.1, 0.15) is 57.6 Å². The number of likely N-dealkylation sites (tertiary alicyclic amines) is 1. The Hall–Kier alpha value is -3.94. The van der Waals surface area contributed by atoms with Crippen molar-refractivity contribution in [3.8, 4) is 11.5 Å². The molecule has 37 heavy (non-hydrogen) atoms. The number of para-hydroxylation sites is 1. The average molecular weight is 503 g/mol. The van der Waals surface area contributed by atoms with Crippen LogP contribution in [0.2, 0.25) is 0 Å². The highest BCUT2D eigenvalue weighted by atomic mass is 16.5. The van der Waals surface area contributed by atoms with Gasteiger partial charge in [-0.05, 0) is 55.2 Å². The van der Waals surface area contributed by atoms with Crippen LogP contribution >= 0.6 is 0 Å². The predicted octanol–water partition coefficient (Wildman–Crippen LogP) is 5.74. The van der Waals surface area contributed by atoms with Crippen LogP contribution in [0.25, 0.3) is 0 Å². The van der Waals surface area contributed by atoms with Crippen molar-refractivity contribution in [1.82, 2.24) is 14.9 Å². The number of amides is 1. The molecule has 1 saturated heterocycles. The van der Waals surface area contributed by atoms with Crippen molar-refractivity contribution >= 4 is 23.8 Å². The minimum absolute atomic E-state index is 0.0430. The maximum Gasteiger partial charge on any atom is 0.209 e. The maximum atomic E-state index is 11.1. The van der Waals surface area contributed by atoms with Gasteiger partial charge in [-0.3, -0.25) is 10.2 Å². The number of anilines is 2. The number of nitrogen functional groups attached to an aromatic ring is 1. The third kappa shape index (κ3) is 8.31. The Bertz CT molecular complexity index is 1130. The van der Waals surface area contributed by atoms with Crippen LogP contribution in [0, 0.1) is 11.3 Å². The SMILES string of the molecule is CCCC(C)C.N=C(c1ccc(Oc2ccccc2)cc1)c1c(N)ncnc1NC1CCCN(C=O)C1. The first-order valence-electron chi connectivity index (χ1n) is 12.9. The minimum Gasteiger partial charge on any atom is -0.457 e. The van der Waals surface area contributed by atoms with Crippen molar-refractivity contribution in [3.63, 3.8) is 0 Å². The number of nitrogens with zero attached hydrogens (tertiary/aromatic N) is 3. The topological polar surface area (TPSA) is 117 Å². The Morgan fingerprint density at radius 3 is 2.49 bits per heavy atom. The van der Waals surface area contributed by atoms with Crippen molar-refractivity contribution in [2.75, 3.05) is 24.1 Å². The van der Waals surface area contributed by atoms with Crippen LogP contribution in [0.15, 0.2) is 60.9 Å². The second kappa shape index (κ2) is 14.0. The molecule has 1 unspecified atom stereocenters. The molecule has 1 aliphatic heterocycles. The molecule has 0 radical (unpaired) electrons. The van der Waals surface area contributed by atoms with Crippen molar-refractivity contribution in [3.05, 3.63) is 72.1 Å². The summed E-state index contributed by atoms with van der Waals surface area (Å²) in [5.74, 6) is 3.05. The van der Waals surface area contributed by atoms with Crippen molar-refractivity contribution < 1.29 is 9.53 Å². The highest BCUT2D eigenvalue weighted by Gasteiger charge is 2.22. The zero-order chi connectivity index (χ0) is 26.6. The number of hydrogen-bond donors (Lipinski definition) is 3. The molecule has 4 N–H and O–H groups in total. The first-order valence-corrected chi connectivity index (χ1v) is 12.9. The van der Waals surface area contributed by atoms with Gasteiger partial charge in [0.25, 0.3) is 0 Å². The number of nitrogens with two attached hydrogens (primary N) is 1. The Kier molecular flexibility index (Phi) is 10.4. The molecule has 0 bridgehead atoms. The van der Waals surface area contributed by atoms with Crippen molar-refractivity contribution in [2.24, 2.45) is 5.92 Å². The molecular formula is C29H38N6O2. The summed E-state index contributed by atoms with van der Waals surface area (Å²) in [5, 5.41) is 12.1. The van der Waals surface area contributed by atoms with E-state index in [0.29, 0.717) is 29.2 Å². The Labute approximate surface area is 219 Å². The van der Waals surface area contributed by atoms with E-state index in [1.165, 1.54) is 19.2 Å². The number of ether oxygens (including phenoxy) is 1. The Morgan fingerprint density at radius 2 is 1.86 bits per heavy atom. The van der Waals surface area contributed by atoms with Gasteiger partial charge in [-0.15, -0.1) is 0 Å². The highest BCUT2D eigenvalue weighted by Crippen LogP contribution is 2.26. The molecule has 0 spiro atoms. The summed E-state index contributed by atoms with van der Waals surface area (Å²) in [6.07, 6.45) is 6.77. The summed E-state index contributed by atoms with van der Waals surface area (Å²) in [7, 11) is 0. The number of hydrogen-bond acceptors (Lipinski definition) is 7. The first kappa shape index (κ1) is 27.6. The summed E-state index contributed by atoms with van der Waals surface area (Å²) < 4.78 is 5.82. The Balaban J connectivity index is 0.000000568. The molecular weight excluding hydrogens is 464 g/mol. The first-order chi connectivity index (χ1) is 17.9. The molecule has 8 nitrogen and oxygen atoms in total. The van der Waals surface area contributed by atoms with Gasteiger partial charge >= 0.3 is 0 Å². The molecule has 196 valence electrons. The zero-order valence-corrected chi connectivity index (χ0v) is 22.0. The molecule has 0 saturated carbocycles. The zero-order valence-electron chi connectivity index (χ0n) is 22.0. The number of rotatable bonds is 9. The molecule has 3 aromatic rings. The lowest BCUT2D eigenvalue weighted by molar-refractivity contribution is -0.119. The number of piperidine rings is 1. The number of carbonyl (C=O) groups excluding carboxylic acids is 1. The number of carbonyl (C=O) groups is 1. The molecule has 1 amide bonds. The van der Waals surface area contributed by atoms with Gasteiger partial charge < -0.3 is 20.7 Å². The van der Waals surface area contributed by atoms with Gasteiger partial charge in [0.05, 0.1) is 11.3 Å². The van der Waals surface area contributed by atoms with E-state index in [1.54, 1.807) is 4.90 Å². The molecule has 4 rings (SSSR count). The van der Waals surface area contributed by atoms with E-state index < -0.39 is 0 Å². The third-order valence-corrected chi connectivity index (χ3v) is 6.06. The predicted molar refractivity (Wildman–Crippen MR) is 149 cm³/mol. The van der Waals surface area contributed by atoms with Gasteiger partial charge in [0.1, 0.15) is 29.5 Å². The van der Waals surface area contributed by atoms with E-state index in [2.05, 4.69) is 36.1 Å². The standard InChI is InChI=1S/C23H24N6O2.C6H14/c24-21(16-8-10-19(11-9-16)31-18-6-2-1-3-7-18)20-22(25)26-14-27-23(20)28-17-5-4-12-29(13-17)15-30;1-4-5-6(2)3/h1-3,6-11,14-15,17,24H,4-5,12-13H2,(H3,25,26,27,28);6H,4-5H2,1-3H3. The number of nitrogens with one attached hydrogen (secondary N) is 2. The maximum absolute atomic E-state index is 11.1. The molecule has 2 aromatic carbocycles. The summed E-state index contributed by atoms with van der Waals surface area (Å²) in [6.45, 7) is 8.08. The van der Waals surface area contributed by atoms with Crippen LogP contribution < -0.4 is 15.8 Å². The number of aromatic nitrogens is 2. The van der Waals surface area contributed by atoms with Crippen LogP contribution in [0.4, 0.5) is 11.6 Å². The summed E-state index contributed by atoms with van der Waals surface area (Å²) >= 11 is 0. The smallest absolute Gasteiger partial charge is 0.209 e. The van der Waals surface area contributed by atoms with Gasteiger partial charge in [-0.2, -0.15) is 0 Å². The highest BCUT2D eigenvalue weighted by molar-refractivity contribution is 6.16. The van der Waals surface area contributed by atoms with Crippen LogP contribution in [0.3, 0.4) is 0 Å². The summed E-state index contributed by atoms with van der Waals surface area (Å²) in [6, 6.07) is 16.8. The molecule has 1 aliphatic rings. The largest absolute Gasteiger partial charge is 0.457 e. The van der Waals surface area contributed by atoms with E-state index in [4.69, 9.17) is 15.9 Å². The molecule has 0 aliphatic carbocycles. The number of benzene rings is 2. The van der Waals surface area contributed by atoms with Crippen molar-refractivity contribution in [1.29, 1.82) is 5.41 Å². The minimum atomic E-state index is 0.0430. The van der Waals surface area contributed by atoms with Gasteiger partial charge in [0.15, 0.2) is 0 Å². The average Bonchev–Trinajstić information content (AvgIpc) is 2.90. The summed E-state index contributed by atoms with van der Waals surface area (Å²) in [4.78, 5) is 21.3. The molecule has 8 heteroatoms. The van der Waals surface area contributed by atoms with E-state index in [0.717, 1.165) is 37.5 Å². The van der Waals surface area contributed by atoms with Crippen LogP contribution in [-0.4, -0.2) is 46.1 Å². The normalized spacial score (nSPS) is 14.9. The van der Waals surface area contributed by atoms with E-state index in [-0.39, 0.29) is 17.6 Å². The second-order valence-electron chi connectivity index (χ2n) is 9.56. The van der Waals surface area contributed by atoms with E-state index in [1.807, 2.05) is 54.6 Å². The Morgan fingerprint density at radius 1 is 1.16 bits per heavy atom. The molecule has 1 fully saturated rings. The second-order valence-corrected chi connectivity index (χ2v) is 9.56. The summed E-state index contributed by atoms with van der Waals surface area (Å²) in [5.41, 5.74) is 7.46. The molecule has 1 aromatic heterocycles. The lowest BCUT2D eigenvalue weighted by Gasteiger charge is -2.31. The van der Waals surface area contributed by atoms with Gasteiger partial charge in [-0.25, -0.2) is 9.97 Å². The van der Waals surface area contributed by atoms with E-state index >= 15 is 0 Å². The van der Waals surface area contributed by atoms with Gasteiger partial charge in [0, 0.05) is 24.7 Å². The monoisotopic (exact) mass is 502 g/mol. The molecule has 1 atom stereocenters. The van der Waals surface area contributed by atoms with Crippen molar-refractivity contribution in [2.45, 2.75) is 52.5 Å². The fourth-order valence-electron chi connectivity index (χ4n) is 4.20.